The molecule has 1 atom stereocenters. The second-order valence-corrected chi connectivity index (χ2v) is 7.84. The molecule has 0 aromatic heterocycles. The first-order chi connectivity index (χ1) is 14.6. The zero-order chi connectivity index (χ0) is 20.9. The summed E-state index contributed by atoms with van der Waals surface area (Å²) in [5, 5.41) is 3.11. The highest BCUT2D eigenvalue weighted by Crippen LogP contribution is 2.33. The number of quaternary nitrogens is 1. The molecule has 0 bridgehead atoms. The molecule has 4 rings (SSSR count). The first-order valence-corrected chi connectivity index (χ1v) is 10.7. The summed E-state index contributed by atoms with van der Waals surface area (Å²) in [7, 11) is 0. The van der Waals surface area contributed by atoms with Gasteiger partial charge in [0.25, 0.3) is 0 Å². The Morgan fingerprint density at radius 3 is 2.60 bits per heavy atom. The SMILES string of the molecule is CCCC(=O)NC[C@H](c1ccc2c(c1)OCO2)[NH+]1CCN(c2ccc(F)cc2)CC1. The van der Waals surface area contributed by atoms with Crippen LogP contribution in [0.25, 0.3) is 0 Å². The molecule has 2 aliphatic heterocycles. The molecule has 0 radical (unpaired) electrons. The summed E-state index contributed by atoms with van der Waals surface area (Å²) in [5.41, 5.74) is 2.19. The lowest BCUT2D eigenvalue weighted by Crippen LogP contribution is -3.15. The lowest BCUT2D eigenvalue weighted by Gasteiger charge is -2.38. The average molecular weight is 415 g/mol. The van der Waals surface area contributed by atoms with Gasteiger partial charge in [-0.25, -0.2) is 4.39 Å². The maximum Gasteiger partial charge on any atom is 0.231 e. The van der Waals surface area contributed by atoms with Crippen molar-refractivity contribution in [1.82, 2.24) is 5.32 Å². The number of carbonyl (C=O) groups excluding carboxylic acids is 1. The number of ether oxygens (including phenoxy) is 2. The van der Waals surface area contributed by atoms with E-state index >= 15 is 0 Å². The molecule has 0 saturated carbocycles. The normalized spacial score (nSPS) is 17.1. The van der Waals surface area contributed by atoms with Gasteiger partial charge in [0.1, 0.15) is 11.9 Å². The van der Waals surface area contributed by atoms with E-state index in [1.807, 2.05) is 31.2 Å². The molecule has 2 aromatic rings. The van der Waals surface area contributed by atoms with Crippen LogP contribution in [-0.2, 0) is 4.79 Å². The Kier molecular flexibility index (Phi) is 6.38. The zero-order valence-electron chi connectivity index (χ0n) is 17.3. The number of halogens is 1. The molecule has 1 saturated heterocycles. The Hall–Kier alpha value is -2.80. The van der Waals surface area contributed by atoms with Crippen LogP contribution in [0.2, 0.25) is 0 Å². The molecule has 2 heterocycles. The lowest BCUT2D eigenvalue weighted by molar-refractivity contribution is -0.931. The summed E-state index contributed by atoms with van der Waals surface area (Å²) in [4.78, 5) is 15.8. The van der Waals surface area contributed by atoms with E-state index in [9.17, 15) is 9.18 Å². The van der Waals surface area contributed by atoms with E-state index in [4.69, 9.17) is 9.47 Å². The standard InChI is InChI=1S/C23H28FN3O3/c1-2-3-23(28)25-15-20(17-4-9-21-22(14-17)30-16-29-21)27-12-10-26(11-13-27)19-7-5-18(24)6-8-19/h4-9,14,20H,2-3,10-13,15-16H2,1H3,(H,25,28)/p+1/t20-/m1/s1. The van der Waals surface area contributed by atoms with Crippen LogP contribution in [-0.4, -0.2) is 45.4 Å². The Labute approximate surface area is 176 Å². The molecular formula is C23H29FN3O3+. The van der Waals surface area contributed by atoms with E-state index in [1.165, 1.54) is 17.0 Å². The molecule has 30 heavy (non-hydrogen) atoms. The van der Waals surface area contributed by atoms with E-state index in [2.05, 4.69) is 16.3 Å². The molecule has 0 unspecified atom stereocenters. The number of carbonyl (C=O) groups is 1. The van der Waals surface area contributed by atoms with Crippen molar-refractivity contribution < 1.29 is 23.6 Å². The Bertz CT molecular complexity index is 866. The highest BCUT2D eigenvalue weighted by Gasteiger charge is 2.30. The number of anilines is 1. The third kappa shape index (κ3) is 4.67. The maximum absolute atomic E-state index is 13.2. The van der Waals surface area contributed by atoms with Crippen molar-refractivity contribution in [2.75, 3.05) is 44.4 Å². The van der Waals surface area contributed by atoms with Gasteiger partial charge in [0.05, 0.1) is 32.7 Å². The van der Waals surface area contributed by atoms with Gasteiger partial charge in [-0.15, -0.1) is 0 Å². The maximum atomic E-state index is 13.2. The Morgan fingerprint density at radius 2 is 1.87 bits per heavy atom. The van der Waals surface area contributed by atoms with E-state index in [0.29, 0.717) is 13.0 Å². The second kappa shape index (κ2) is 9.34. The van der Waals surface area contributed by atoms with Crippen molar-refractivity contribution in [3.63, 3.8) is 0 Å². The van der Waals surface area contributed by atoms with Crippen LogP contribution in [0.15, 0.2) is 42.5 Å². The van der Waals surface area contributed by atoms with Crippen molar-refractivity contribution in [2.45, 2.75) is 25.8 Å². The van der Waals surface area contributed by atoms with Gasteiger partial charge in [0.15, 0.2) is 11.5 Å². The molecule has 6 nitrogen and oxygen atoms in total. The number of hydrogen-bond acceptors (Lipinski definition) is 4. The summed E-state index contributed by atoms with van der Waals surface area (Å²) < 4.78 is 24.2. The summed E-state index contributed by atoms with van der Waals surface area (Å²) in [6.07, 6.45) is 1.38. The van der Waals surface area contributed by atoms with Gasteiger partial charge < -0.3 is 24.6 Å². The van der Waals surface area contributed by atoms with Crippen LogP contribution in [0.5, 0.6) is 11.5 Å². The van der Waals surface area contributed by atoms with E-state index in [-0.39, 0.29) is 24.6 Å². The largest absolute Gasteiger partial charge is 0.454 e. The van der Waals surface area contributed by atoms with Gasteiger partial charge >= 0.3 is 0 Å². The smallest absolute Gasteiger partial charge is 0.231 e. The van der Waals surface area contributed by atoms with Gasteiger partial charge in [-0.2, -0.15) is 0 Å². The summed E-state index contributed by atoms with van der Waals surface area (Å²) in [6, 6.07) is 12.9. The molecule has 7 heteroatoms. The van der Waals surface area contributed by atoms with Gasteiger partial charge in [-0.3, -0.25) is 4.79 Å². The summed E-state index contributed by atoms with van der Waals surface area (Å²) in [6.45, 7) is 6.47. The van der Waals surface area contributed by atoms with Crippen molar-refractivity contribution >= 4 is 11.6 Å². The Balaban J connectivity index is 1.46. The number of hydrogen-bond donors (Lipinski definition) is 2. The number of nitrogens with zero attached hydrogens (tertiary/aromatic N) is 1. The number of amides is 1. The van der Waals surface area contributed by atoms with Crippen LogP contribution < -0.4 is 24.6 Å². The topological polar surface area (TPSA) is 55.2 Å². The van der Waals surface area contributed by atoms with E-state index in [0.717, 1.165) is 55.3 Å². The number of rotatable bonds is 7. The fraction of sp³-hybridized carbons (Fsp3) is 0.435. The van der Waals surface area contributed by atoms with E-state index < -0.39 is 0 Å². The first-order valence-electron chi connectivity index (χ1n) is 10.7. The molecule has 0 spiro atoms. The minimum absolute atomic E-state index is 0.0904. The number of piperazine rings is 1. The monoisotopic (exact) mass is 414 g/mol. The minimum Gasteiger partial charge on any atom is -0.454 e. The fourth-order valence-electron chi connectivity index (χ4n) is 4.21. The predicted molar refractivity (Wildman–Crippen MR) is 113 cm³/mol. The van der Waals surface area contributed by atoms with Gasteiger partial charge in [-0.05, 0) is 48.9 Å². The van der Waals surface area contributed by atoms with Gasteiger partial charge in [-0.1, -0.05) is 6.92 Å². The Morgan fingerprint density at radius 1 is 1.13 bits per heavy atom. The quantitative estimate of drug-likeness (QED) is 0.727. The van der Waals surface area contributed by atoms with Crippen LogP contribution >= 0.6 is 0 Å². The number of fused-ring (bicyclic) bond motifs is 1. The third-order valence-corrected chi connectivity index (χ3v) is 5.87. The van der Waals surface area contributed by atoms with Crippen LogP contribution in [0.3, 0.4) is 0 Å². The lowest BCUT2D eigenvalue weighted by atomic mass is 10.0. The van der Waals surface area contributed by atoms with Crippen molar-refractivity contribution in [2.24, 2.45) is 0 Å². The molecule has 2 aliphatic rings. The molecule has 1 fully saturated rings. The second-order valence-electron chi connectivity index (χ2n) is 7.84. The molecular weight excluding hydrogens is 385 g/mol. The highest BCUT2D eigenvalue weighted by atomic mass is 19.1. The summed E-state index contributed by atoms with van der Waals surface area (Å²) >= 11 is 0. The third-order valence-electron chi connectivity index (χ3n) is 5.87. The average Bonchev–Trinajstić information content (AvgIpc) is 3.23. The van der Waals surface area contributed by atoms with Crippen LogP contribution in [0.1, 0.15) is 31.4 Å². The fourth-order valence-corrected chi connectivity index (χ4v) is 4.21. The van der Waals surface area contributed by atoms with Crippen molar-refractivity contribution in [3.8, 4) is 11.5 Å². The predicted octanol–water partition coefficient (Wildman–Crippen LogP) is 1.92. The van der Waals surface area contributed by atoms with E-state index in [1.54, 1.807) is 0 Å². The first kappa shape index (κ1) is 20.5. The van der Waals surface area contributed by atoms with Gasteiger partial charge in [0, 0.05) is 17.7 Å². The highest BCUT2D eigenvalue weighted by molar-refractivity contribution is 5.75. The van der Waals surface area contributed by atoms with Crippen LogP contribution in [0.4, 0.5) is 10.1 Å². The summed E-state index contributed by atoms with van der Waals surface area (Å²) in [5.74, 6) is 1.41. The minimum atomic E-state index is -0.214. The number of nitrogens with one attached hydrogen (secondary N) is 2. The zero-order valence-corrected chi connectivity index (χ0v) is 17.3. The van der Waals surface area contributed by atoms with Crippen LogP contribution in [0, 0.1) is 5.82 Å². The van der Waals surface area contributed by atoms with Crippen molar-refractivity contribution in [1.29, 1.82) is 0 Å². The van der Waals surface area contributed by atoms with Gasteiger partial charge in [0.2, 0.25) is 12.7 Å². The van der Waals surface area contributed by atoms with Crippen molar-refractivity contribution in [3.05, 3.63) is 53.8 Å². The molecule has 0 aliphatic carbocycles. The molecule has 2 N–H and O–H groups in total. The number of benzene rings is 2. The molecule has 2 aromatic carbocycles. The molecule has 1 amide bonds. The molecule has 160 valence electrons.